The number of amides is 2. The molecular weight excluding hydrogens is 434 g/mol. The Labute approximate surface area is 200 Å². The Kier molecular flexibility index (Phi) is 8.66. The van der Waals surface area contributed by atoms with Gasteiger partial charge in [0.25, 0.3) is 5.91 Å². The minimum atomic E-state index is -0.167. The van der Waals surface area contributed by atoms with Gasteiger partial charge in [-0.15, -0.1) is 11.8 Å². The summed E-state index contributed by atoms with van der Waals surface area (Å²) in [5, 5.41) is 6.10. The zero-order valence-corrected chi connectivity index (χ0v) is 19.9. The maximum atomic E-state index is 13.0. The Bertz CT molecular complexity index is 940. The van der Waals surface area contributed by atoms with Crippen molar-refractivity contribution >= 4 is 35.0 Å². The van der Waals surface area contributed by atoms with Crippen LogP contribution in [-0.4, -0.2) is 50.4 Å². The van der Waals surface area contributed by atoms with Crippen LogP contribution in [-0.2, 0) is 9.53 Å². The number of thioether (sulfide) groups is 1. The van der Waals surface area contributed by atoms with Gasteiger partial charge in [0.05, 0.1) is 24.5 Å². The van der Waals surface area contributed by atoms with Crippen LogP contribution in [0.3, 0.4) is 0 Å². The minimum Gasteiger partial charge on any atom is -0.378 e. The van der Waals surface area contributed by atoms with Crippen LogP contribution < -0.4 is 15.5 Å². The van der Waals surface area contributed by atoms with E-state index in [0.717, 1.165) is 49.1 Å². The van der Waals surface area contributed by atoms with Crippen molar-refractivity contribution < 1.29 is 14.3 Å². The van der Waals surface area contributed by atoms with E-state index >= 15 is 0 Å². The highest BCUT2D eigenvalue weighted by molar-refractivity contribution is 8.00. The molecule has 0 radical (unpaired) electrons. The van der Waals surface area contributed by atoms with E-state index in [4.69, 9.17) is 4.74 Å². The fraction of sp³-hybridized carbons (Fsp3) is 0.462. The number of morpholine rings is 1. The van der Waals surface area contributed by atoms with E-state index in [-0.39, 0.29) is 11.8 Å². The molecule has 1 aliphatic carbocycles. The van der Waals surface area contributed by atoms with Gasteiger partial charge < -0.3 is 20.3 Å². The maximum Gasteiger partial charge on any atom is 0.256 e. The fourth-order valence-electron chi connectivity index (χ4n) is 4.42. The second kappa shape index (κ2) is 12.1. The SMILES string of the molecule is O=C(CSc1ccccc1C(=O)Nc1cccc(N2CCOCC2)c1)NCC1CCCCC1. The molecule has 1 saturated carbocycles. The lowest BCUT2D eigenvalue weighted by molar-refractivity contribution is -0.118. The molecular formula is C26H33N3O3S. The normalized spacial score (nSPS) is 16.9. The Balaban J connectivity index is 1.32. The van der Waals surface area contributed by atoms with Crippen LogP contribution in [0.2, 0.25) is 0 Å². The number of anilines is 2. The van der Waals surface area contributed by atoms with Gasteiger partial charge in [-0.25, -0.2) is 0 Å². The number of ether oxygens (including phenoxy) is 1. The summed E-state index contributed by atoms with van der Waals surface area (Å²) in [6, 6.07) is 15.4. The van der Waals surface area contributed by atoms with Crippen LogP contribution in [0.4, 0.5) is 11.4 Å². The van der Waals surface area contributed by atoms with Crippen molar-refractivity contribution in [3.63, 3.8) is 0 Å². The molecule has 1 aliphatic heterocycles. The van der Waals surface area contributed by atoms with Crippen molar-refractivity contribution in [2.24, 2.45) is 5.92 Å². The van der Waals surface area contributed by atoms with Crippen LogP contribution in [0.25, 0.3) is 0 Å². The zero-order chi connectivity index (χ0) is 22.9. The van der Waals surface area contributed by atoms with E-state index in [9.17, 15) is 9.59 Å². The number of rotatable bonds is 8. The lowest BCUT2D eigenvalue weighted by Crippen LogP contribution is -2.36. The summed E-state index contributed by atoms with van der Waals surface area (Å²) in [6.07, 6.45) is 6.28. The monoisotopic (exact) mass is 467 g/mol. The van der Waals surface area contributed by atoms with Gasteiger partial charge in [0.15, 0.2) is 0 Å². The Hall–Kier alpha value is -2.51. The first kappa shape index (κ1) is 23.6. The molecule has 2 fully saturated rings. The smallest absolute Gasteiger partial charge is 0.256 e. The quantitative estimate of drug-likeness (QED) is 0.557. The molecule has 0 aromatic heterocycles. The molecule has 33 heavy (non-hydrogen) atoms. The van der Waals surface area contributed by atoms with Crippen LogP contribution in [0.15, 0.2) is 53.4 Å². The Morgan fingerprint density at radius 1 is 1.00 bits per heavy atom. The lowest BCUT2D eigenvalue weighted by Gasteiger charge is -2.29. The summed E-state index contributed by atoms with van der Waals surface area (Å²) >= 11 is 1.41. The third kappa shape index (κ3) is 6.98. The topological polar surface area (TPSA) is 70.7 Å². The van der Waals surface area contributed by atoms with Gasteiger partial charge >= 0.3 is 0 Å². The second-order valence-electron chi connectivity index (χ2n) is 8.70. The fourth-order valence-corrected chi connectivity index (χ4v) is 5.30. The van der Waals surface area contributed by atoms with Crippen LogP contribution in [0.5, 0.6) is 0 Å². The van der Waals surface area contributed by atoms with E-state index in [1.54, 1.807) is 0 Å². The standard InChI is InChI=1S/C26H33N3O3S/c30-25(27-18-20-7-2-1-3-8-20)19-33-24-12-5-4-11-23(24)26(31)28-21-9-6-10-22(17-21)29-13-15-32-16-14-29/h4-6,9-12,17,20H,1-3,7-8,13-16,18-19H2,(H,27,30)(H,28,31). The summed E-state index contributed by atoms with van der Waals surface area (Å²) in [7, 11) is 0. The van der Waals surface area contributed by atoms with E-state index in [1.165, 1.54) is 43.9 Å². The van der Waals surface area contributed by atoms with Gasteiger partial charge in [-0.1, -0.05) is 37.5 Å². The number of nitrogens with one attached hydrogen (secondary N) is 2. The number of hydrogen-bond acceptors (Lipinski definition) is 5. The molecule has 4 rings (SSSR count). The van der Waals surface area contributed by atoms with Gasteiger partial charge in [0.1, 0.15) is 0 Å². The average molecular weight is 468 g/mol. The number of benzene rings is 2. The lowest BCUT2D eigenvalue weighted by atomic mass is 9.89. The number of carbonyl (C=O) groups excluding carboxylic acids is 2. The third-order valence-corrected chi connectivity index (χ3v) is 7.36. The molecule has 0 atom stereocenters. The number of hydrogen-bond donors (Lipinski definition) is 2. The highest BCUT2D eigenvalue weighted by atomic mass is 32.2. The molecule has 2 aromatic rings. The molecule has 2 aromatic carbocycles. The van der Waals surface area contributed by atoms with Crippen LogP contribution in [0.1, 0.15) is 42.5 Å². The van der Waals surface area contributed by atoms with Crippen LogP contribution in [0, 0.1) is 5.92 Å². The molecule has 1 saturated heterocycles. The molecule has 2 aliphatic rings. The molecule has 1 heterocycles. The first-order valence-corrected chi connectivity index (χ1v) is 12.9. The van der Waals surface area contributed by atoms with E-state index < -0.39 is 0 Å². The number of carbonyl (C=O) groups is 2. The van der Waals surface area contributed by atoms with Gasteiger partial charge in [-0.3, -0.25) is 9.59 Å². The van der Waals surface area contributed by atoms with Crippen molar-refractivity contribution in [2.45, 2.75) is 37.0 Å². The molecule has 176 valence electrons. The Morgan fingerprint density at radius 2 is 1.79 bits per heavy atom. The summed E-state index contributed by atoms with van der Waals surface area (Å²) in [6.45, 7) is 3.89. The molecule has 6 nitrogen and oxygen atoms in total. The first-order chi connectivity index (χ1) is 16.2. The molecule has 2 amide bonds. The maximum absolute atomic E-state index is 13.0. The summed E-state index contributed by atoms with van der Waals surface area (Å²) < 4.78 is 5.43. The van der Waals surface area contributed by atoms with Gasteiger partial charge in [0, 0.05) is 35.9 Å². The van der Waals surface area contributed by atoms with E-state index in [0.29, 0.717) is 17.2 Å². The largest absolute Gasteiger partial charge is 0.378 e. The van der Waals surface area contributed by atoms with Crippen molar-refractivity contribution in [2.75, 3.05) is 48.8 Å². The predicted molar refractivity (Wildman–Crippen MR) is 134 cm³/mol. The first-order valence-electron chi connectivity index (χ1n) is 11.9. The van der Waals surface area contributed by atoms with Gasteiger partial charge in [-0.05, 0) is 49.1 Å². The van der Waals surface area contributed by atoms with Crippen molar-refractivity contribution in [3.05, 3.63) is 54.1 Å². The van der Waals surface area contributed by atoms with E-state index in [1.807, 2.05) is 42.5 Å². The zero-order valence-electron chi connectivity index (χ0n) is 19.1. The van der Waals surface area contributed by atoms with Crippen molar-refractivity contribution in [3.8, 4) is 0 Å². The third-order valence-electron chi connectivity index (χ3n) is 6.28. The average Bonchev–Trinajstić information content (AvgIpc) is 2.87. The molecule has 0 unspecified atom stereocenters. The van der Waals surface area contributed by atoms with Crippen molar-refractivity contribution in [1.29, 1.82) is 0 Å². The summed E-state index contributed by atoms with van der Waals surface area (Å²) in [4.78, 5) is 28.5. The van der Waals surface area contributed by atoms with Gasteiger partial charge in [0.2, 0.25) is 5.91 Å². The highest BCUT2D eigenvalue weighted by Gasteiger charge is 2.17. The van der Waals surface area contributed by atoms with Crippen LogP contribution >= 0.6 is 11.8 Å². The molecule has 2 N–H and O–H groups in total. The summed E-state index contributed by atoms with van der Waals surface area (Å²) in [5.41, 5.74) is 2.42. The molecule has 0 bridgehead atoms. The minimum absolute atomic E-state index is 0.0268. The summed E-state index contributed by atoms with van der Waals surface area (Å²) in [5.74, 6) is 0.779. The number of nitrogens with zero attached hydrogens (tertiary/aromatic N) is 1. The van der Waals surface area contributed by atoms with Gasteiger partial charge in [-0.2, -0.15) is 0 Å². The molecule has 0 spiro atoms. The van der Waals surface area contributed by atoms with Crippen molar-refractivity contribution in [1.82, 2.24) is 5.32 Å². The Morgan fingerprint density at radius 3 is 2.61 bits per heavy atom. The highest BCUT2D eigenvalue weighted by Crippen LogP contribution is 2.26. The predicted octanol–water partition coefficient (Wildman–Crippen LogP) is 4.56. The second-order valence-corrected chi connectivity index (χ2v) is 9.71. The molecule has 7 heteroatoms. The van der Waals surface area contributed by atoms with E-state index in [2.05, 4.69) is 21.6 Å².